The number of aliphatic carboxylic acids is 1. The molecule has 0 saturated heterocycles. The van der Waals surface area contributed by atoms with Crippen molar-refractivity contribution in [2.75, 3.05) is 0 Å². The first-order chi connectivity index (χ1) is 14.9. The molecule has 5 N–H and O–H groups in total. The molecule has 0 spiro atoms. The molecule has 1 amide bonds. The van der Waals surface area contributed by atoms with Crippen molar-refractivity contribution in [3.8, 4) is 22.3 Å². The van der Waals surface area contributed by atoms with E-state index in [2.05, 4.69) is 0 Å². The first kappa shape index (κ1) is 20.4. The Bertz CT molecular complexity index is 1320. The van der Waals surface area contributed by atoms with Crippen LogP contribution in [0.2, 0.25) is 0 Å². The number of carbonyl (C=O) groups is 2. The van der Waals surface area contributed by atoms with Gasteiger partial charge in [-0.05, 0) is 46.0 Å². The van der Waals surface area contributed by atoms with E-state index in [1.165, 1.54) is 0 Å². The van der Waals surface area contributed by atoms with E-state index in [-0.39, 0.29) is 6.42 Å². The third-order valence-electron chi connectivity index (χ3n) is 5.50. The molecular weight excluding hydrogens is 390 g/mol. The molecule has 156 valence electrons. The highest BCUT2D eigenvalue weighted by molar-refractivity contribution is 6.10. The number of benzene rings is 3. The van der Waals surface area contributed by atoms with Gasteiger partial charge in [-0.15, -0.1) is 0 Å². The molecule has 0 bridgehead atoms. The highest BCUT2D eigenvalue weighted by Crippen LogP contribution is 2.40. The number of hydrogen-bond acceptors (Lipinski definition) is 3. The van der Waals surface area contributed by atoms with Crippen molar-refractivity contribution >= 4 is 22.8 Å². The van der Waals surface area contributed by atoms with Crippen LogP contribution in [0.3, 0.4) is 0 Å². The Morgan fingerprint density at radius 3 is 2.45 bits per heavy atom. The SMILES string of the molecule is Cn1cc(-c2ccccc2CC(=O)O)c2c(-c3cccc(CN)c3)cc(C(N)=O)cc21. The van der Waals surface area contributed by atoms with Gasteiger partial charge in [0, 0.05) is 41.8 Å². The van der Waals surface area contributed by atoms with E-state index in [1.54, 1.807) is 12.1 Å². The number of hydrogen-bond donors (Lipinski definition) is 3. The molecule has 4 rings (SSSR count). The summed E-state index contributed by atoms with van der Waals surface area (Å²) < 4.78 is 1.94. The Labute approximate surface area is 179 Å². The molecule has 0 aliphatic rings. The topological polar surface area (TPSA) is 111 Å². The molecule has 1 aromatic heterocycles. The Kier molecular flexibility index (Phi) is 5.31. The Balaban J connectivity index is 2.08. The molecule has 0 fully saturated rings. The van der Waals surface area contributed by atoms with E-state index in [0.29, 0.717) is 12.1 Å². The number of carboxylic acid groups (broad SMARTS) is 1. The maximum absolute atomic E-state index is 12.0. The van der Waals surface area contributed by atoms with Crippen LogP contribution in [0.5, 0.6) is 0 Å². The summed E-state index contributed by atoms with van der Waals surface area (Å²) >= 11 is 0. The van der Waals surface area contributed by atoms with Gasteiger partial charge in [0.05, 0.1) is 6.42 Å². The van der Waals surface area contributed by atoms with Crippen molar-refractivity contribution in [2.24, 2.45) is 18.5 Å². The van der Waals surface area contributed by atoms with Crippen LogP contribution in [0.15, 0.2) is 66.9 Å². The number of aryl methyl sites for hydroxylation is 1. The second-order valence-corrected chi connectivity index (χ2v) is 7.57. The average molecular weight is 413 g/mol. The summed E-state index contributed by atoms with van der Waals surface area (Å²) in [5.41, 5.74) is 17.9. The zero-order valence-corrected chi connectivity index (χ0v) is 17.1. The lowest BCUT2D eigenvalue weighted by Gasteiger charge is -2.12. The summed E-state index contributed by atoms with van der Waals surface area (Å²) in [6.45, 7) is 0.398. The molecule has 6 nitrogen and oxygen atoms in total. The van der Waals surface area contributed by atoms with Crippen LogP contribution >= 0.6 is 0 Å². The number of primary amides is 1. The minimum absolute atomic E-state index is 0.0794. The van der Waals surface area contributed by atoms with Gasteiger partial charge < -0.3 is 21.1 Å². The monoisotopic (exact) mass is 413 g/mol. The summed E-state index contributed by atoms with van der Waals surface area (Å²) in [5, 5.41) is 10.3. The third-order valence-corrected chi connectivity index (χ3v) is 5.50. The van der Waals surface area contributed by atoms with Crippen LogP contribution in [0.25, 0.3) is 33.2 Å². The third kappa shape index (κ3) is 3.81. The number of amides is 1. The van der Waals surface area contributed by atoms with Gasteiger partial charge in [0.2, 0.25) is 5.91 Å². The fourth-order valence-corrected chi connectivity index (χ4v) is 4.06. The zero-order valence-electron chi connectivity index (χ0n) is 17.1. The molecule has 0 aliphatic heterocycles. The van der Waals surface area contributed by atoms with E-state index in [9.17, 15) is 14.7 Å². The number of nitrogens with two attached hydrogens (primary N) is 2. The maximum atomic E-state index is 12.0. The smallest absolute Gasteiger partial charge is 0.307 e. The van der Waals surface area contributed by atoms with E-state index in [4.69, 9.17) is 11.5 Å². The van der Waals surface area contributed by atoms with Crippen LogP contribution in [0.4, 0.5) is 0 Å². The Morgan fingerprint density at radius 2 is 1.74 bits per heavy atom. The van der Waals surface area contributed by atoms with Gasteiger partial charge in [-0.2, -0.15) is 0 Å². The summed E-state index contributed by atoms with van der Waals surface area (Å²) in [6.07, 6.45) is 1.89. The van der Waals surface area contributed by atoms with Crippen molar-refractivity contribution in [1.82, 2.24) is 4.57 Å². The van der Waals surface area contributed by atoms with Crippen LogP contribution in [-0.4, -0.2) is 21.6 Å². The number of fused-ring (bicyclic) bond motifs is 1. The first-order valence-corrected chi connectivity index (χ1v) is 9.91. The van der Waals surface area contributed by atoms with Crippen LogP contribution in [-0.2, 0) is 24.8 Å². The highest BCUT2D eigenvalue weighted by Gasteiger charge is 2.19. The van der Waals surface area contributed by atoms with E-state index in [1.807, 2.05) is 66.3 Å². The molecular formula is C25H23N3O3. The maximum Gasteiger partial charge on any atom is 0.307 e. The molecule has 0 radical (unpaired) electrons. The van der Waals surface area contributed by atoms with Gasteiger partial charge in [-0.25, -0.2) is 0 Å². The highest BCUT2D eigenvalue weighted by atomic mass is 16.4. The van der Waals surface area contributed by atoms with Crippen LogP contribution < -0.4 is 11.5 Å². The average Bonchev–Trinajstić information content (AvgIpc) is 3.09. The summed E-state index contributed by atoms with van der Waals surface area (Å²) in [6, 6.07) is 18.9. The second-order valence-electron chi connectivity index (χ2n) is 7.57. The van der Waals surface area contributed by atoms with Gasteiger partial charge in [-0.3, -0.25) is 9.59 Å². The number of carboxylic acids is 1. The van der Waals surface area contributed by atoms with E-state index >= 15 is 0 Å². The van der Waals surface area contributed by atoms with Gasteiger partial charge in [0.1, 0.15) is 0 Å². The molecule has 0 unspecified atom stereocenters. The molecule has 0 saturated carbocycles. The zero-order chi connectivity index (χ0) is 22.1. The lowest BCUT2D eigenvalue weighted by Crippen LogP contribution is -2.11. The lowest BCUT2D eigenvalue weighted by atomic mass is 9.91. The summed E-state index contributed by atoms with van der Waals surface area (Å²) in [4.78, 5) is 23.5. The predicted octanol–water partition coefficient (Wildman–Crippen LogP) is 3.70. The molecule has 6 heteroatoms. The van der Waals surface area contributed by atoms with Crippen molar-refractivity contribution in [3.63, 3.8) is 0 Å². The fourth-order valence-electron chi connectivity index (χ4n) is 4.06. The fraction of sp³-hybridized carbons (Fsp3) is 0.120. The van der Waals surface area contributed by atoms with Crippen LogP contribution in [0, 0.1) is 0 Å². The van der Waals surface area contributed by atoms with Gasteiger partial charge in [0.25, 0.3) is 0 Å². The normalized spacial score (nSPS) is 11.0. The quantitative estimate of drug-likeness (QED) is 0.447. The molecule has 1 heterocycles. The molecule has 3 aromatic carbocycles. The Morgan fingerprint density at radius 1 is 0.968 bits per heavy atom. The standard InChI is InChI=1S/C25H23N3O3/c1-28-14-21(19-8-3-2-6-17(19)12-23(29)30)24-20(10-18(25(27)31)11-22(24)28)16-7-4-5-15(9-16)13-26/h2-11,14H,12-13,26H2,1H3,(H2,27,31)(H,29,30). The predicted molar refractivity (Wildman–Crippen MR) is 122 cm³/mol. The van der Waals surface area contributed by atoms with Gasteiger partial charge in [-0.1, -0.05) is 42.5 Å². The molecule has 0 atom stereocenters. The van der Waals surface area contributed by atoms with Crippen LogP contribution in [0.1, 0.15) is 21.5 Å². The minimum Gasteiger partial charge on any atom is -0.481 e. The lowest BCUT2D eigenvalue weighted by molar-refractivity contribution is -0.136. The largest absolute Gasteiger partial charge is 0.481 e. The number of rotatable bonds is 6. The minimum atomic E-state index is -0.889. The van der Waals surface area contributed by atoms with E-state index < -0.39 is 11.9 Å². The Hall–Kier alpha value is -3.90. The van der Waals surface area contributed by atoms with Gasteiger partial charge >= 0.3 is 5.97 Å². The molecule has 4 aromatic rings. The summed E-state index contributed by atoms with van der Waals surface area (Å²) in [5.74, 6) is -1.40. The second kappa shape index (κ2) is 8.08. The summed E-state index contributed by atoms with van der Waals surface area (Å²) in [7, 11) is 1.90. The number of nitrogens with zero attached hydrogens (tertiary/aromatic N) is 1. The van der Waals surface area contributed by atoms with E-state index in [0.717, 1.165) is 44.3 Å². The number of aromatic nitrogens is 1. The molecule has 31 heavy (non-hydrogen) atoms. The van der Waals surface area contributed by atoms with Crippen molar-refractivity contribution in [1.29, 1.82) is 0 Å². The van der Waals surface area contributed by atoms with Crippen molar-refractivity contribution in [2.45, 2.75) is 13.0 Å². The number of carbonyl (C=O) groups excluding carboxylic acids is 1. The molecule has 0 aliphatic carbocycles. The van der Waals surface area contributed by atoms with Gasteiger partial charge in [0.15, 0.2) is 0 Å². The van der Waals surface area contributed by atoms with Crippen molar-refractivity contribution in [3.05, 3.63) is 83.6 Å². The first-order valence-electron chi connectivity index (χ1n) is 9.91. The van der Waals surface area contributed by atoms with Crippen molar-refractivity contribution < 1.29 is 14.7 Å².